The van der Waals surface area contributed by atoms with Crippen LogP contribution in [0.25, 0.3) is 0 Å². The Bertz CT molecular complexity index is 1110. The summed E-state index contributed by atoms with van der Waals surface area (Å²) >= 11 is 11.8. The quantitative estimate of drug-likeness (QED) is 0.306. The lowest BCUT2D eigenvalue weighted by atomic mass is 9.89. The number of hydrogen-bond acceptors (Lipinski definition) is 5. The number of thiocarbonyl (C=S) groups is 1. The molecule has 1 amide bonds. The maximum absolute atomic E-state index is 12.8. The van der Waals surface area contributed by atoms with E-state index in [9.17, 15) is 22.0 Å². The molecule has 3 N–H and O–H groups in total. The highest BCUT2D eigenvalue weighted by atomic mass is 35.5. The lowest BCUT2D eigenvalue weighted by molar-refractivity contribution is -0.124. The molecule has 2 aromatic carbocycles. The lowest BCUT2D eigenvalue weighted by Crippen LogP contribution is -2.39. The number of carbonyl (C=O) groups is 1. The third kappa shape index (κ3) is 7.53. The summed E-state index contributed by atoms with van der Waals surface area (Å²) < 4.78 is 52.9. The van der Waals surface area contributed by atoms with E-state index in [0.717, 1.165) is 32.1 Å². The van der Waals surface area contributed by atoms with Gasteiger partial charge >= 0.3 is 0 Å². The van der Waals surface area contributed by atoms with Crippen molar-refractivity contribution in [3.8, 4) is 0 Å². The number of thioether (sulfide) groups is 1. The van der Waals surface area contributed by atoms with E-state index in [1.165, 1.54) is 42.5 Å². The van der Waals surface area contributed by atoms with Gasteiger partial charge in [-0.1, -0.05) is 42.6 Å². The van der Waals surface area contributed by atoms with Gasteiger partial charge in [0.1, 0.15) is 0 Å². The molecular weight excluding hydrogens is 512 g/mol. The second kappa shape index (κ2) is 11.5. The van der Waals surface area contributed by atoms with Gasteiger partial charge in [0.15, 0.2) is 5.11 Å². The van der Waals surface area contributed by atoms with Crippen molar-refractivity contribution in [2.24, 2.45) is 5.92 Å². The zero-order valence-corrected chi connectivity index (χ0v) is 20.5. The molecule has 1 aliphatic rings. The van der Waals surface area contributed by atoms with E-state index in [1.54, 1.807) is 0 Å². The van der Waals surface area contributed by atoms with Gasteiger partial charge < -0.3 is 10.6 Å². The molecule has 0 unspecified atom stereocenters. The molecule has 6 nitrogen and oxygen atoms in total. The van der Waals surface area contributed by atoms with Crippen LogP contribution in [0.4, 0.5) is 20.2 Å². The van der Waals surface area contributed by atoms with Crippen molar-refractivity contribution < 1.29 is 22.0 Å². The fourth-order valence-corrected chi connectivity index (χ4v) is 5.38. The summed E-state index contributed by atoms with van der Waals surface area (Å²) in [6.07, 6.45) is 4.76. The Morgan fingerprint density at radius 1 is 1.09 bits per heavy atom. The first-order valence-corrected chi connectivity index (χ1v) is 13.3. The number of nitrogens with one attached hydrogen (secondary N) is 3. The second-order valence-electron chi connectivity index (χ2n) is 7.43. The first kappa shape index (κ1) is 25.7. The van der Waals surface area contributed by atoms with E-state index in [0.29, 0.717) is 16.7 Å². The smallest absolute Gasteiger partial charge is 0.288 e. The number of hydrogen-bond donors (Lipinski definition) is 3. The summed E-state index contributed by atoms with van der Waals surface area (Å²) in [6, 6.07) is 9.60. The van der Waals surface area contributed by atoms with E-state index in [2.05, 4.69) is 15.4 Å². The summed E-state index contributed by atoms with van der Waals surface area (Å²) in [5.41, 5.74) is 0.436. The number of carbonyl (C=O) groups excluding carboxylic acids is 1. The molecule has 0 atom stereocenters. The van der Waals surface area contributed by atoms with E-state index >= 15 is 0 Å². The van der Waals surface area contributed by atoms with Crippen molar-refractivity contribution in [3.63, 3.8) is 0 Å². The highest BCUT2D eigenvalue weighted by Crippen LogP contribution is 2.29. The van der Waals surface area contributed by atoms with Gasteiger partial charge in [0.2, 0.25) is 5.91 Å². The van der Waals surface area contributed by atoms with E-state index in [4.69, 9.17) is 23.8 Å². The van der Waals surface area contributed by atoms with Crippen molar-refractivity contribution in [2.45, 2.75) is 47.7 Å². The number of benzene rings is 2. The molecule has 0 bridgehead atoms. The van der Waals surface area contributed by atoms with Gasteiger partial charge in [0.25, 0.3) is 15.8 Å². The van der Waals surface area contributed by atoms with E-state index in [-0.39, 0.29) is 38.2 Å². The predicted molar refractivity (Wildman–Crippen MR) is 132 cm³/mol. The highest BCUT2D eigenvalue weighted by molar-refractivity contribution is 7.99. The molecule has 0 heterocycles. The molecule has 0 radical (unpaired) electrons. The Balaban J connectivity index is 1.67. The Hall–Kier alpha value is -1.95. The van der Waals surface area contributed by atoms with Crippen molar-refractivity contribution in [3.05, 3.63) is 47.5 Å². The van der Waals surface area contributed by atoms with Crippen LogP contribution in [-0.2, 0) is 14.8 Å². The third-order valence-corrected chi connectivity index (χ3v) is 7.68. The van der Waals surface area contributed by atoms with Crippen molar-refractivity contribution in [1.82, 2.24) is 5.32 Å². The fourth-order valence-electron chi connectivity index (χ4n) is 3.42. The molecule has 12 heteroatoms. The number of anilines is 2. The minimum atomic E-state index is -4.00. The monoisotopic (exact) mass is 533 g/mol. The highest BCUT2D eigenvalue weighted by Gasteiger charge is 2.22. The van der Waals surface area contributed by atoms with Crippen LogP contribution in [0.3, 0.4) is 0 Å². The lowest BCUT2D eigenvalue weighted by Gasteiger charge is -2.21. The summed E-state index contributed by atoms with van der Waals surface area (Å²) in [4.78, 5) is 12.6. The Kier molecular flexibility index (Phi) is 8.91. The first-order valence-electron chi connectivity index (χ1n) is 10.1. The van der Waals surface area contributed by atoms with Crippen LogP contribution < -0.4 is 15.4 Å². The number of sulfonamides is 1. The van der Waals surface area contributed by atoms with Gasteiger partial charge in [-0.15, -0.1) is 0 Å². The largest absolute Gasteiger partial charge is 0.331 e. The normalized spacial score (nSPS) is 14.7. The average molecular weight is 534 g/mol. The second-order valence-corrected chi connectivity index (χ2v) is 11.0. The predicted octanol–water partition coefficient (Wildman–Crippen LogP) is 5.85. The molecule has 1 aliphatic carbocycles. The summed E-state index contributed by atoms with van der Waals surface area (Å²) in [5.74, 6) is -2.82. The van der Waals surface area contributed by atoms with Gasteiger partial charge in [-0.2, -0.15) is 8.78 Å². The molecule has 0 saturated heterocycles. The van der Waals surface area contributed by atoms with Crippen molar-refractivity contribution in [1.29, 1.82) is 0 Å². The number of rotatable bonds is 7. The maximum Gasteiger partial charge on any atom is 0.288 e. The molecule has 1 saturated carbocycles. The van der Waals surface area contributed by atoms with E-state index in [1.807, 2.05) is 0 Å². The molecule has 3 rings (SSSR count). The van der Waals surface area contributed by atoms with Gasteiger partial charge in [-0.3, -0.25) is 9.52 Å². The van der Waals surface area contributed by atoms with Crippen LogP contribution >= 0.6 is 35.6 Å². The molecule has 0 aromatic heterocycles. The number of alkyl halides is 2. The molecule has 0 aliphatic heterocycles. The Labute approximate surface area is 205 Å². The maximum atomic E-state index is 12.8. The van der Waals surface area contributed by atoms with Gasteiger partial charge in [-0.25, -0.2) is 8.42 Å². The standard InChI is InChI=1S/C21H22ClF2N3O3S3/c22-17-11-10-16(33(29,30)27-14-6-8-15(9-7-14)32-20(23)24)12-18(17)25-21(31)26-19(28)13-4-2-1-3-5-13/h6-13,20,27H,1-5H2,(H2,25,26,28,31). The summed E-state index contributed by atoms with van der Waals surface area (Å²) in [7, 11) is -4.00. The van der Waals surface area contributed by atoms with Gasteiger partial charge in [0.05, 0.1) is 15.6 Å². The zero-order valence-electron chi connectivity index (χ0n) is 17.3. The van der Waals surface area contributed by atoms with Crippen molar-refractivity contribution in [2.75, 3.05) is 10.0 Å². The number of halogens is 3. The van der Waals surface area contributed by atoms with Crippen LogP contribution in [-0.4, -0.2) is 25.2 Å². The van der Waals surface area contributed by atoms with Crippen molar-refractivity contribution >= 4 is 68.0 Å². The summed E-state index contributed by atoms with van der Waals surface area (Å²) in [5, 5.41) is 5.68. The molecule has 178 valence electrons. The van der Waals surface area contributed by atoms with Crippen LogP contribution in [0.2, 0.25) is 5.02 Å². The van der Waals surface area contributed by atoms with Crippen LogP contribution in [0.5, 0.6) is 0 Å². The SMILES string of the molecule is O=C(NC(=S)Nc1cc(S(=O)(=O)Nc2ccc(SC(F)F)cc2)ccc1Cl)C1CCCCC1. The van der Waals surface area contributed by atoms with Gasteiger partial charge in [-0.05, 0) is 67.5 Å². The Morgan fingerprint density at radius 2 is 1.76 bits per heavy atom. The molecule has 1 fully saturated rings. The summed E-state index contributed by atoms with van der Waals surface area (Å²) in [6.45, 7) is 0. The molecule has 2 aromatic rings. The first-order chi connectivity index (χ1) is 15.6. The molecular formula is C21H22ClF2N3O3S3. The minimum Gasteiger partial charge on any atom is -0.331 e. The molecule has 0 spiro atoms. The van der Waals surface area contributed by atoms with Crippen LogP contribution in [0, 0.1) is 5.92 Å². The Morgan fingerprint density at radius 3 is 2.39 bits per heavy atom. The zero-order chi connectivity index (χ0) is 24.0. The van der Waals surface area contributed by atoms with Crippen LogP contribution in [0.15, 0.2) is 52.3 Å². The average Bonchev–Trinajstić information content (AvgIpc) is 2.76. The fraction of sp³-hybridized carbons (Fsp3) is 0.333. The van der Waals surface area contributed by atoms with Gasteiger partial charge in [0, 0.05) is 16.5 Å². The van der Waals surface area contributed by atoms with Crippen LogP contribution in [0.1, 0.15) is 32.1 Å². The topological polar surface area (TPSA) is 87.3 Å². The number of amides is 1. The molecule has 33 heavy (non-hydrogen) atoms. The minimum absolute atomic E-state index is 0.0297. The third-order valence-electron chi connectivity index (χ3n) is 5.04. The van der Waals surface area contributed by atoms with E-state index < -0.39 is 15.8 Å².